The zero-order valence-corrected chi connectivity index (χ0v) is 15.2. The second kappa shape index (κ2) is 7.08. The van der Waals surface area contributed by atoms with Gasteiger partial charge in [0.15, 0.2) is 0 Å². The Morgan fingerprint density at radius 2 is 1.76 bits per heavy atom. The molecule has 1 heterocycles. The molecule has 1 aliphatic rings. The Morgan fingerprint density at radius 3 is 2.10 bits per heavy atom. The quantitative estimate of drug-likeness (QED) is 0.760. The molecule has 1 aliphatic heterocycles. The van der Waals surface area contributed by atoms with Gasteiger partial charge in [-0.3, -0.25) is 4.79 Å². The van der Waals surface area contributed by atoms with Crippen LogP contribution in [0.4, 0.5) is 0 Å². The van der Waals surface area contributed by atoms with Gasteiger partial charge in [0.25, 0.3) is 0 Å². The van der Waals surface area contributed by atoms with E-state index >= 15 is 0 Å². The van der Waals surface area contributed by atoms with Crippen molar-refractivity contribution < 1.29 is 4.79 Å². The van der Waals surface area contributed by atoms with Crippen LogP contribution in [0, 0.1) is 16.7 Å². The Bertz CT molecular complexity index is 381. The number of carbonyl (C=O) groups excluding carboxylic acids is 1. The van der Waals surface area contributed by atoms with Crippen LogP contribution in [-0.2, 0) is 4.79 Å². The number of hydrogen-bond donors (Lipinski definition) is 1. The highest BCUT2D eigenvalue weighted by molar-refractivity contribution is 7.80. The van der Waals surface area contributed by atoms with Gasteiger partial charge in [-0.2, -0.15) is 0 Å². The van der Waals surface area contributed by atoms with E-state index in [1.54, 1.807) is 0 Å². The standard InChI is InChI=1S/C17H32N2OS/c1-6-9-17(10-7-2,14(18)21)15(20)19-11-8-13(12-19)16(3,4)5/h13H,6-12H2,1-5H3,(H2,18,21). The molecule has 0 bridgehead atoms. The van der Waals surface area contributed by atoms with Crippen LogP contribution in [0.3, 0.4) is 0 Å². The lowest BCUT2D eigenvalue weighted by atomic mass is 9.77. The summed E-state index contributed by atoms with van der Waals surface area (Å²) in [6.07, 6.45) is 4.48. The molecule has 1 rings (SSSR count). The molecule has 0 aromatic carbocycles. The summed E-state index contributed by atoms with van der Waals surface area (Å²) in [4.78, 5) is 15.5. The largest absolute Gasteiger partial charge is 0.392 e. The third-order valence-corrected chi connectivity index (χ3v) is 5.33. The van der Waals surface area contributed by atoms with Crippen molar-refractivity contribution in [1.82, 2.24) is 4.90 Å². The molecule has 0 radical (unpaired) electrons. The van der Waals surface area contributed by atoms with Crippen LogP contribution in [0.1, 0.15) is 66.7 Å². The van der Waals surface area contributed by atoms with Crippen molar-refractivity contribution >= 4 is 23.1 Å². The molecule has 0 aliphatic carbocycles. The molecule has 0 spiro atoms. The number of likely N-dealkylation sites (tertiary alicyclic amines) is 1. The maximum absolute atomic E-state index is 13.1. The third kappa shape index (κ3) is 3.97. The highest BCUT2D eigenvalue weighted by atomic mass is 32.1. The number of carbonyl (C=O) groups is 1. The van der Waals surface area contributed by atoms with Crippen molar-refractivity contribution in [3.05, 3.63) is 0 Å². The predicted octanol–water partition coefficient (Wildman–Crippen LogP) is 3.75. The fraction of sp³-hybridized carbons (Fsp3) is 0.882. The summed E-state index contributed by atoms with van der Waals surface area (Å²) in [5.74, 6) is 0.735. The molecule has 1 saturated heterocycles. The van der Waals surface area contributed by atoms with E-state index in [-0.39, 0.29) is 11.3 Å². The van der Waals surface area contributed by atoms with E-state index < -0.39 is 5.41 Å². The summed E-state index contributed by atoms with van der Waals surface area (Å²) in [7, 11) is 0. The molecule has 1 unspecified atom stereocenters. The first-order valence-electron chi connectivity index (χ1n) is 8.28. The number of thiocarbonyl (C=S) groups is 1. The lowest BCUT2D eigenvalue weighted by molar-refractivity contribution is -0.138. The summed E-state index contributed by atoms with van der Waals surface area (Å²) in [5, 5.41) is 0. The first-order chi connectivity index (χ1) is 9.69. The van der Waals surface area contributed by atoms with Gasteiger partial charge in [-0.1, -0.05) is 59.7 Å². The molecule has 0 saturated carbocycles. The third-order valence-electron chi connectivity index (χ3n) is 4.93. The van der Waals surface area contributed by atoms with Gasteiger partial charge in [0, 0.05) is 13.1 Å². The minimum absolute atomic E-state index is 0.172. The van der Waals surface area contributed by atoms with Crippen LogP contribution < -0.4 is 5.73 Å². The monoisotopic (exact) mass is 312 g/mol. The van der Waals surface area contributed by atoms with Gasteiger partial charge >= 0.3 is 0 Å². The Labute approximate surface area is 135 Å². The van der Waals surface area contributed by atoms with Crippen LogP contribution in [-0.4, -0.2) is 28.9 Å². The fourth-order valence-corrected chi connectivity index (χ4v) is 3.79. The van der Waals surface area contributed by atoms with Gasteiger partial charge in [0.05, 0.1) is 10.4 Å². The summed E-state index contributed by atoms with van der Waals surface area (Å²) >= 11 is 5.30. The zero-order chi connectivity index (χ0) is 16.3. The molecule has 122 valence electrons. The van der Waals surface area contributed by atoms with Gasteiger partial charge in [-0.05, 0) is 30.6 Å². The second-order valence-corrected chi connectivity index (χ2v) is 7.99. The molecule has 2 N–H and O–H groups in total. The summed E-state index contributed by atoms with van der Waals surface area (Å²) in [5.41, 5.74) is 5.64. The number of nitrogens with two attached hydrogens (primary N) is 1. The Balaban J connectivity index is 2.94. The van der Waals surface area contributed by atoms with Gasteiger partial charge in [-0.25, -0.2) is 0 Å². The molecular weight excluding hydrogens is 280 g/mol. The SMILES string of the molecule is CCCC(CCC)(C(=O)N1CCC(C(C)(C)C)C1)C(N)=S. The van der Waals surface area contributed by atoms with Crippen LogP contribution >= 0.6 is 12.2 Å². The molecule has 1 fully saturated rings. The van der Waals surface area contributed by atoms with Gasteiger partial charge in [0.2, 0.25) is 5.91 Å². The lowest BCUT2D eigenvalue weighted by Gasteiger charge is -2.35. The molecule has 0 aromatic rings. The second-order valence-electron chi connectivity index (χ2n) is 7.55. The van der Waals surface area contributed by atoms with Crippen LogP contribution in [0.15, 0.2) is 0 Å². The zero-order valence-electron chi connectivity index (χ0n) is 14.4. The Morgan fingerprint density at radius 1 is 1.24 bits per heavy atom. The van der Waals surface area contributed by atoms with Crippen molar-refractivity contribution in [3.8, 4) is 0 Å². The summed E-state index contributed by atoms with van der Waals surface area (Å²) in [6, 6.07) is 0. The van der Waals surface area contributed by atoms with Gasteiger partial charge < -0.3 is 10.6 Å². The Hall–Kier alpha value is -0.640. The number of rotatable bonds is 6. The normalized spacial score (nSPS) is 19.9. The first kappa shape index (κ1) is 18.4. The van der Waals surface area contributed by atoms with E-state index in [0.717, 1.165) is 45.2 Å². The number of nitrogens with zero attached hydrogens (tertiary/aromatic N) is 1. The average Bonchev–Trinajstić information content (AvgIpc) is 2.86. The molecule has 1 atom stereocenters. The summed E-state index contributed by atoms with van der Waals surface area (Å²) in [6.45, 7) is 12.6. The number of amides is 1. The van der Waals surface area contributed by atoms with Crippen LogP contribution in [0.5, 0.6) is 0 Å². The van der Waals surface area contributed by atoms with Crippen LogP contribution in [0.2, 0.25) is 0 Å². The number of hydrogen-bond acceptors (Lipinski definition) is 2. The van der Waals surface area contributed by atoms with Gasteiger partial charge in [0.1, 0.15) is 0 Å². The smallest absolute Gasteiger partial charge is 0.235 e. The average molecular weight is 313 g/mol. The predicted molar refractivity (Wildman–Crippen MR) is 93.2 cm³/mol. The molecule has 1 amide bonds. The molecule has 21 heavy (non-hydrogen) atoms. The fourth-order valence-electron chi connectivity index (χ4n) is 3.50. The minimum atomic E-state index is -0.619. The van der Waals surface area contributed by atoms with Crippen molar-refractivity contribution in [2.45, 2.75) is 66.7 Å². The van der Waals surface area contributed by atoms with Crippen molar-refractivity contribution in [1.29, 1.82) is 0 Å². The van der Waals surface area contributed by atoms with Crippen molar-refractivity contribution in [3.63, 3.8) is 0 Å². The molecule has 3 nitrogen and oxygen atoms in total. The topological polar surface area (TPSA) is 46.3 Å². The van der Waals surface area contributed by atoms with Gasteiger partial charge in [-0.15, -0.1) is 0 Å². The van der Waals surface area contributed by atoms with E-state index in [1.807, 2.05) is 4.90 Å². The van der Waals surface area contributed by atoms with E-state index in [4.69, 9.17) is 18.0 Å². The maximum atomic E-state index is 13.1. The minimum Gasteiger partial charge on any atom is -0.392 e. The van der Waals surface area contributed by atoms with E-state index in [2.05, 4.69) is 34.6 Å². The molecule has 4 heteroatoms. The molecular formula is C17H32N2OS. The van der Waals surface area contributed by atoms with Crippen LogP contribution in [0.25, 0.3) is 0 Å². The molecule has 0 aromatic heterocycles. The van der Waals surface area contributed by atoms with Crippen molar-refractivity contribution in [2.24, 2.45) is 22.5 Å². The van der Waals surface area contributed by atoms with Crippen molar-refractivity contribution in [2.75, 3.05) is 13.1 Å². The highest BCUT2D eigenvalue weighted by Gasteiger charge is 2.45. The lowest BCUT2D eigenvalue weighted by Crippen LogP contribution is -2.50. The highest BCUT2D eigenvalue weighted by Crippen LogP contribution is 2.38. The van der Waals surface area contributed by atoms with E-state index in [0.29, 0.717) is 10.9 Å². The summed E-state index contributed by atoms with van der Waals surface area (Å²) < 4.78 is 0. The first-order valence-corrected chi connectivity index (χ1v) is 8.69. The Kier molecular flexibility index (Phi) is 6.21. The maximum Gasteiger partial charge on any atom is 0.235 e. The van der Waals surface area contributed by atoms with E-state index in [9.17, 15) is 4.79 Å². The van der Waals surface area contributed by atoms with E-state index in [1.165, 1.54) is 0 Å².